The first-order valence-corrected chi connectivity index (χ1v) is 7.11. The van der Waals surface area contributed by atoms with Gasteiger partial charge in [0.05, 0.1) is 6.10 Å². The molecule has 3 atom stereocenters. The fraction of sp³-hybridized carbons (Fsp3) is 0.846. The van der Waals surface area contributed by atoms with Crippen LogP contribution in [-0.2, 0) is 4.79 Å². The van der Waals surface area contributed by atoms with E-state index in [-0.39, 0.29) is 42.0 Å². The molecule has 0 aromatic heterocycles. The number of amides is 1. The van der Waals surface area contributed by atoms with Gasteiger partial charge in [-0.1, -0.05) is 6.42 Å². The number of nitrogens with one attached hydrogen (secondary N) is 3. The van der Waals surface area contributed by atoms with Crippen LogP contribution in [0.3, 0.4) is 0 Å². The Hall–Kier alpha value is -0.570. The summed E-state index contributed by atoms with van der Waals surface area (Å²) in [4.78, 5) is 15.3. The second-order valence-electron chi connectivity index (χ2n) is 5.40. The summed E-state index contributed by atoms with van der Waals surface area (Å²) in [6, 6.07) is 0.234. The van der Waals surface area contributed by atoms with Crippen LogP contribution in [0.2, 0.25) is 0 Å². The maximum atomic E-state index is 11.1. The number of rotatable bonds is 3. The molecule has 0 radical (unpaired) electrons. The predicted molar refractivity (Wildman–Crippen MR) is 89.3 cm³/mol. The summed E-state index contributed by atoms with van der Waals surface area (Å²) in [6.07, 6.45) is 4.31. The van der Waals surface area contributed by atoms with Crippen molar-refractivity contribution in [2.75, 3.05) is 20.1 Å². The monoisotopic (exact) mass is 396 g/mol. The van der Waals surface area contributed by atoms with Crippen molar-refractivity contribution in [2.24, 2.45) is 10.9 Å². The molecule has 1 saturated heterocycles. The molecule has 116 valence electrons. The highest BCUT2D eigenvalue weighted by molar-refractivity contribution is 14.0. The summed E-state index contributed by atoms with van der Waals surface area (Å²) in [5, 5.41) is 19.2. The van der Waals surface area contributed by atoms with E-state index < -0.39 is 0 Å². The zero-order chi connectivity index (χ0) is 13.7. The Morgan fingerprint density at radius 1 is 1.45 bits per heavy atom. The molecule has 2 fully saturated rings. The molecule has 0 bridgehead atoms. The second-order valence-corrected chi connectivity index (χ2v) is 5.40. The lowest BCUT2D eigenvalue weighted by Gasteiger charge is -2.26. The molecule has 1 amide bonds. The topological polar surface area (TPSA) is 85.8 Å². The Morgan fingerprint density at radius 3 is 2.80 bits per heavy atom. The van der Waals surface area contributed by atoms with Crippen LogP contribution >= 0.6 is 24.0 Å². The minimum absolute atomic E-state index is 0. The third-order valence-electron chi connectivity index (χ3n) is 3.98. The first-order chi connectivity index (χ1) is 9.19. The highest BCUT2D eigenvalue weighted by Gasteiger charge is 2.25. The van der Waals surface area contributed by atoms with E-state index >= 15 is 0 Å². The van der Waals surface area contributed by atoms with Gasteiger partial charge in [-0.05, 0) is 19.3 Å². The van der Waals surface area contributed by atoms with Crippen molar-refractivity contribution in [3.63, 3.8) is 0 Å². The highest BCUT2D eigenvalue weighted by atomic mass is 127. The average molecular weight is 396 g/mol. The molecule has 0 spiro atoms. The van der Waals surface area contributed by atoms with Gasteiger partial charge in [0.25, 0.3) is 0 Å². The minimum atomic E-state index is -0.181. The van der Waals surface area contributed by atoms with Crippen molar-refractivity contribution >= 4 is 35.8 Å². The van der Waals surface area contributed by atoms with Crippen LogP contribution in [0.1, 0.15) is 32.1 Å². The summed E-state index contributed by atoms with van der Waals surface area (Å²) in [5.74, 6) is 1.19. The highest BCUT2D eigenvalue weighted by Crippen LogP contribution is 2.24. The SMILES string of the molecule is CN=C(NCC1CCCC1O)NC1CCC(=O)NC1.I. The molecule has 1 aliphatic heterocycles. The van der Waals surface area contributed by atoms with Gasteiger partial charge in [-0.2, -0.15) is 0 Å². The number of carbonyl (C=O) groups is 1. The zero-order valence-electron chi connectivity index (χ0n) is 11.9. The number of aliphatic imine (C=N–C) groups is 1. The quantitative estimate of drug-likeness (QED) is 0.312. The Morgan fingerprint density at radius 2 is 2.25 bits per heavy atom. The van der Waals surface area contributed by atoms with Crippen LogP contribution in [-0.4, -0.2) is 49.3 Å². The summed E-state index contributed by atoms with van der Waals surface area (Å²) in [7, 11) is 1.74. The van der Waals surface area contributed by atoms with Crippen LogP contribution in [0.25, 0.3) is 0 Å². The number of piperidine rings is 1. The smallest absolute Gasteiger partial charge is 0.220 e. The van der Waals surface area contributed by atoms with Crippen LogP contribution in [0.5, 0.6) is 0 Å². The predicted octanol–water partition coefficient (Wildman–Crippen LogP) is 0.209. The minimum Gasteiger partial charge on any atom is -0.393 e. The summed E-state index contributed by atoms with van der Waals surface area (Å²) in [6.45, 7) is 1.39. The fourth-order valence-electron chi connectivity index (χ4n) is 2.73. The lowest BCUT2D eigenvalue weighted by molar-refractivity contribution is -0.122. The summed E-state index contributed by atoms with van der Waals surface area (Å²) >= 11 is 0. The van der Waals surface area contributed by atoms with Crippen molar-refractivity contribution < 1.29 is 9.90 Å². The number of aliphatic hydroxyl groups excluding tert-OH is 1. The molecule has 6 nitrogen and oxygen atoms in total. The lowest BCUT2D eigenvalue weighted by Crippen LogP contribution is -2.52. The number of guanidine groups is 1. The van der Waals surface area contributed by atoms with Gasteiger partial charge in [0.2, 0.25) is 5.91 Å². The molecule has 0 aromatic carbocycles. The number of hydrogen-bond donors (Lipinski definition) is 4. The molecular weight excluding hydrogens is 371 g/mol. The van der Waals surface area contributed by atoms with E-state index in [1.54, 1.807) is 7.05 Å². The fourth-order valence-corrected chi connectivity index (χ4v) is 2.73. The van der Waals surface area contributed by atoms with Crippen LogP contribution in [0, 0.1) is 5.92 Å². The van der Waals surface area contributed by atoms with Crippen LogP contribution in [0.4, 0.5) is 0 Å². The Balaban J connectivity index is 0.00000200. The van der Waals surface area contributed by atoms with Crippen molar-refractivity contribution in [2.45, 2.75) is 44.2 Å². The van der Waals surface area contributed by atoms with Gasteiger partial charge in [0, 0.05) is 38.5 Å². The normalized spacial score (nSPS) is 30.4. The van der Waals surface area contributed by atoms with Gasteiger partial charge in [0.15, 0.2) is 5.96 Å². The Bertz CT molecular complexity index is 341. The largest absolute Gasteiger partial charge is 0.393 e. The zero-order valence-corrected chi connectivity index (χ0v) is 14.2. The van der Waals surface area contributed by atoms with Crippen molar-refractivity contribution in [1.82, 2.24) is 16.0 Å². The van der Waals surface area contributed by atoms with E-state index in [9.17, 15) is 9.90 Å². The van der Waals surface area contributed by atoms with E-state index in [4.69, 9.17) is 0 Å². The summed E-state index contributed by atoms with van der Waals surface area (Å²) in [5.41, 5.74) is 0. The number of aliphatic hydroxyl groups is 1. The first-order valence-electron chi connectivity index (χ1n) is 7.11. The second kappa shape index (κ2) is 8.66. The van der Waals surface area contributed by atoms with Crippen LogP contribution < -0.4 is 16.0 Å². The standard InChI is InChI=1S/C13H24N4O2.HI/c1-14-13(16-7-9-3-2-4-11(9)18)17-10-5-6-12(19)15-8-10;/h9-11,18H,2-8H2,1H3,(H,15,19)(H2,14,16,17);1H. The van der Waals surface area contributed by atoms with Crippen LogP contribution in [0.15, 0.2) is 4.99 Å². The molecule has 2 aliphatic rings. The summed E-state index contributed by atoms with van der Waals surface area (Å²) < 4.78 is 0. The Kier molecular flexibility index (Phi) is 7.57. The number of carbonyl (C=O) groups excluding carboxylic acids is 1. The molecule has 2 rings (SSSR count). The average Bonchev–Trinajstić information content (AvgIpc) is 2.82. The van der Waals surface area contributed by atoms with E-state index in [1.807, 2.05) is 0 Å². The van der Waals surface area contributed by atoms with Gasteiger partial charge in [-0.25, -0.2) is 0 Å². The van der Waals surface area contributed by atoms with Gasteiger partial charge in [-0.15, -0.1) is 24.0 Å². The van der Waals surface area contributed by atoms with Crippen molar-refractivity contribution in [1.29, 1.82) is 0 Å². The maximum absolute atomic E-state index is 11.1. The van der Waals surface area contributed by atoms with Gasteiger partial charge >= 0.3 is 0 Å². The molecular formula is C13H25IN4O2. The molecule has 1 aliphatic carbocycles. The maximum Gasteiger partial charge on any atom is 0.220 e. The molecule has 7 heteroatoms. The van der Waals surface area contributed by atoms with E-state index in [2.05, 4.69) is 20.9 Å². The number of nitrogens with zero attached hydrogens (tertiary/aromatic N) is 1. The van der Waals surface area contributed by atoms with Gasteiger partial charge in [0.1, 0.15) is 0 Å². The van der Waals surface area contributed by atoms with E-state index in [1.165, 1.54) is 0 Å². The number of hydrogen-bond acceptors (Lipinski definition) is 3. The molecule has 1 saturated carbocycles. The molecule has 3 unspecified atom stereocenters. The van der Waals surface area contributed by atoms with E-state index in [0.29, 0.717) is 18.9 Å². The lowest BCUT2D eigenvalue weighted by atomic mass is 10.1. The Labute approximate surface area is 137 Å². The molecule has 4 N–H and O–H groups in total. The van der Waals surface area contributed by atoms with Crippen molar-refractivity contribution in [3.05, 3.63) is 0 Å². The van der Waals surface area contributed by atoms with Crippen molar-refractivity contribution in [3.8, 4) is 0 Å². The third-order valence-corrected chi connectivity index (χ3v) is 3.98. The molecule has 1 heterocycles. The third kappa shape index (κ3) is 5.08. The first kappa shape index (κ1) is 17.5. The van der Waals surface area contributed by atoms with Gasteiger partial charge < -0.3 is 21.1 Å². The molecule has 20 heavy (non-hydrogen) atoms. The van der Waals surface area contributed by atoms with Gasteiger partial charge in [-0.3, -0.25) is 9.79 Å². The van der Waals surface area contributed by atoms with E-state index in [0.717, 1.165) is 38.2 Å². The molecule has 0 aromatic rings. The number of halogens is 1.